The highest BCUT2D eigenvalue weighted by molar-refractivity contribution is 9.10. The van der Waals surface area contributed by atoms with Crippen LogP contribution in [0.4, 0.5) is 0 Å². The number of hydrogen-bond acceptors (Lipinski definition) is 2. The summed E-state index contributed by atoms with van der Waals surface area (Å²) in [4.78, 5) is 0. The number of nitrogens with two attached hydrogens (primary N) is 1. The Morgan fingerprint density at radius 2 is 1.95 bits per heavy atom. The zero-order valence-electron chi connectivity index (χ0n) is 11.6. The van der Waals surface area contributed by atoms with Crippen LogP contribution in [0.25, 0.3) is 0 Å². The summed E-state index contributed by atoms with van der Waals surface area (Å²) in [5, 5.41) is 0.755. The van der Waals surface area contributed by atoms with Crippen molar-refractivity contribution in [2.24, 2.45) is 5.73 Å². The number of fused-ring (bicyclic) bond motifs is 1. The fraction of sp³-hybridized carbons (Fsp3) is 0.294. The van der Waals surface area contributed by atoms with Crippen LogP contribution in [-0.2, 0) is 19.3 Å². The molecular formula is C17H17BrClNO. The maximum Gasteiger partial charge on any atom is 0.125 e. The average molecular weight is 367 g/mol. The van der Waals surface area contributed by atoms with E-state index in [1.807, 2.05) is 24.3 Å². The summed E-state index contributed by atoms with van der Waals surface area (Å²) in [5.41, 5.74) is 9.99. The molecule has 0 aliphatic carbocycles. The zero-order chi connectivity index (χ0) is 14.8. The smallest absolute Gasteiger partial charge is 0.125 e. The first kappa shape index (κ1) is 14.9. The minimum Gasteiger partial charge on any atom is -0.493 e. The van der Waals surface area contributed by atoms with Crippen LogP contribution in [0.2, 0.25) is 5.02 Å². The fourth-order valence-corrected chi connectivity index (χ4v) is 3.45. The molecule has 0 bridgehead atoms. The van der Waals surface area contributed by atoms with Crippen molar-refractivity contribution in [1.82, 2.24) is 0 Å². The summed E-state index contributed by atoms with van der Waals surface area (Å²) in [7, 11) is 0. The Balaban J connectivity index is 1.73. The van der Waals surface area contributed by atoms with Gasteiger partial charge in [0.15, 0.2) is 0 Å². The molecule has 0 spiro atoms. The lowest BCUT2D eigenvalue weighted by Gasteiger charge is -2.15. The van der Waals surface area contributed by atoms with Crippen molar-refractivity contribution in [3.05, 3.63) is 62.6 Å². The Bertz CT molecular complexity index is 642. The van der Waals surface area contributed by atoms with Crippen LogP contribution in [0.15, 0.2) is 40.9 Å². The first-order valence-electron chi connectivity index (χ1n) is 7.06. The first-order chi connectivity index (χ1) is 10.1. The van der Waals surface area contributed by atoms with Crippen LogP contribution in [0, 0.1) is 0 Å². The first-order valence-corrected chi connectivity index (χ1v) is 8.23. The Kier molecular flexibility index (Phi) is 4.53. The van der Waals surface area contributed by atoms with Crippen molar-refractivity contribution in [3.63, 3.8) is 0 Å². The van der Waals surface area contributed by atoms with Gasteiger partial charge in [-0.2, -0.15) is 0 Å². The molecule has 0 fully saturated rings. The molecule has 1 unspecified atom stereocenters. The quantitative estimate of drug-likeness (QED) is 0.882. The molecule has 0 saturated carbocycles. The van der Waals surface area contributed by atoms with Gasteiger partial charge in [0.1, 0.15) is 5.75 Å². The third-order valence-corrected chi connectivity index (χ3v) is 4.43. The predicted molar refractivity (Wildman–Crippen MR) is 90.2 cm³/mol. The highest BCUT2D eigenvalue weighted by atomic mass is 79.9. The molecule has 21 heavy (non-hydrogen) atoms. The third-order valence-electron chi connectivity index (χ3n) is 3.72. The van der Waals surface area contributed by atoms with E-state index in [0.717, 1.165) is 41.1 Å². The number of rotatable bonds is 4. The van der Waals surface area contributed by atoms with Crippen molar-refractivity contribution in [2.75, 3.05) is 6.61 Å². The lowest BCUT2D eigenvalue weighted by molar-refractivity contribution is 0.352. The molecule has 0 aromatic heterocycles. The van der Waals surface area contributed by atoms with Gasteiger partial charge in [-0.15, -0.1) is 0 Å². The van der Waals surface area contributed by atoms with Crippen molar-refractivity contribution in [1.29, 1.82) is 0 Å². The maximum atomic E-state index is 6.32. The zero-order valence-corrected chi connectivity index (χ0v) is 14.0. The van der Waals surface area contributed by atoms with Gasteiger partial charge in [-0.25, -0.2) is 0 Å². The fourth-order valence-electron chi connectivity index (χ4n) is 2.78. The molecule has 1 aliphatic heterocycles. The molecule has 1 atom stereocenters. The highest BCUT2D eigenvalue weighted by Crippen LogP contribution is 2.33. The predicted octanol–water partition coefficient (Wildman–Crippen LogP) is 4.15. The van der Waals surface area contributed by atoms with E-state index in [4.69, 9.17) is 22.1 Å². The van der Waals surface area contributed by atoms with Crippen LogP contribution in [0.1, 0.15) is 16.7 Å². The van der Waals surface area contributed by atoms with Crippen LogP contribution in [0.3, 0.4) is 0 Å². The molecule has 2 nitrogen and oxygen atoms in total. The van der Waals surface area contributed by atoms with Crippen molar-refractivity contribution in [2.45, 2.75) is 25.3 Å². The van der Waals surface area contributed by atoms with Gasteiger partial charge >= 0.3 is 0 Å². The standard InChI is InChI=1S/C17H17BrClNO/c18-14-8-12-5-6-21-17(12)13(9-14)10-16(20)7-11-1-3-15(19)4-2-11/h1-4,8-9,16H,5-7,10,20H2. The molecule has 1 heterocycles. The van der Waals surface area contributed by atoms with Gasteiger partial charge in [0.2, 0.25) is 0 Å². The van der Waals surface area contributed by atoms with Crippen LogP contribution in [-0.4, -0.2) is 12.6 Å². The highest BCUT2D eigenvalue weighted by Gasteiger charge is 2.19. The minimum absolute atomic E-state index is 0.0637. The van der Waals surface area contributed by atoms with Crippen LogP contribution in [0.5, 0.6) is 5.75 Å². The molecule has 2 N–H and O–H groups in total. The van der Waals surface area contributed by atoms with Gasteiger partial charge in [0.05, 0.1) is 6.61 Å². The Labute approximate surface area is 138 Å². The van der Waals surface area contributed by atoms with Gasteiger partial charge in [0.25, 0.3) is 0 Å². The number of hydrogen-bond donors (Lipinski definition) is 1. The van der Waals surface area contributed by atoms with E-state index in [-0.39, 0.29) is 6.04 Å². The van der Waals surface area contributed by atoms with Gasteiger partial charge in [-0.05, 0) is 53.8 Å². The van der Waals surface area contributed by atoms with E-state index in [1.54, 1.807) is 0 Å². The number of ether oxygens (including phenoxy) is 1. The molecular weight excluding hydrogens is 350 g/mol. The summed E-state index contributed by atoms with van der Waals surface area (Å²) in [6.45, 7) is 0.769. The normalized spacial score (nSPS) is 14.6. The minimum atomic E-state index is 0.0637. The lowest BCUT2D eigenvalue weighted by atomic mass is 9.97. The topological polar surface area (TPSA) is 35.2 Å². The van der Waals surface area contributed by atoms with E-state index < -0.39 is 0 Å². The van der Waals surface area contributed by atoms with Gasteiger partial charge in [0, 0.05) is 22.0 Å². The Hall–Kier alpha value is -1.03. The van der Waals surface area contributed by atoms with Gasteiger partial charge in [-0.1, -0.05) is 39.7 Å². The molecule has 0 amide bonds. The molecule has 0 radical (unpaired) electrons. The number of halogens is 2. The summed E-state index contributed by atoms with van der Waals surface area (Å²) in [6.07, 6.45) is 2.62. The van der Waals surface area contributed by atoms with E-state index in [9.17, 15) is 0 Å². The SMILES string of the molecule is NC(Cc1ccc(Cl)cc1)Cc1cc(Br)cc2c1OCC2. The number of benzene rings is 2. The molecule has 1 aliphatic rings. The summed E-state index contributed by atoms with van der Waals surface area (Å²) < 4.78 is 6.86. The summed E-state index contributed by atoms with van der Waals surface area (Å²) in [5.74, 6) is 1.03. The van der Waals surface area contributed by atoms with Gasteiger partial charge in [-0.3, -0.25) is 0 Å². The molecule has 3 rings (SSSR count). The summed E-state index contributed by atoms with van der Waals surface area (Å²) in [6, 6.07) is 12.2. The van der Waals surface area contributed by atoms with Gasteiger partial charge < -0.3 is 10.5 Å². The van der Waals surface area contributed by atoms with Crippen molar-refractivity contribution in [3.8, 4) is 5.75 Å². The van der Waals surface area contributed by atoms with Crippen molar-refractivity contribution >= 4 is 27.5 Å². The average Bonchev–Trinajstić information content (AvgIpc) is 2.89. The second-order valence-electron chi connectivity index (χ2n) is 5.45. The Morgan fingerprint density at radius 3 is 2.71 bits per heavy atom. The van der Waals surface area contributed by atoms with E-state index in [2.05, 4.69) is 28.1 Å². The van der Waals surface area contributed by atoms with E-state index in [0.29, 0.717) is 0 Å². The summed E-state index contributed by atoms with van der Waals surface area (Å²) >= 11 is 9.48. The maximum absolute atomic E-state index is 6.32. The monoisotopic (exact) mass is 365 g/mol. The van der Waals surface area contributed by atoms with Crippen LogP contribution < -0.4 is 10.5 Å². The lowest BCUT2D eigenvalue weighted by Crippen LogP contribution is -2.25. The molecule has 0 saturated heterocycles. The molecule has 2 aromatic carbocycles. The molecule has 110 valence electrons. The molecule has 4 heteroatoms. The van der Waals surface area contributed by atoms with E-state index in [1.165, 1.54) is 16.7 Å². The van der Waals surface area contributed by atoms with E-state index >= 15 is 0 Å². The second-order valence-corrected chi connectivity index (χ2v) is 6.80. The third kappa shape index (κ3) is 3.60. The van der Waals surface area contributed by atoms with Crippen molar-refractivity contribution < 1.29 is 4.74 Å². The largest absolute Gasteiger partial charge is 0.493 e. The Morgan fingerprint density at radius 1 is 1.19 bits per heavy atom. The second kappa shape index (κ2) is 6.39. The molecule has 2 aromatic rings. The van der Waals surface area contributed by atoms with Crippen LogP contribution >= 0.6 is 27.5 Å².